The molecule has 0 aliphatic carbocycles. The fraction of sp³-hybridized carbons (Fsp3) is 0.562. The molecule has 1 N–H and O–H groups in total. The van der Waals surface area contributed by atoms with Crippen LogP contribution in [0.3, 0.4) is 0 Å². The van der Waals surface area contributed by atoms with Crippen LogP contribution >= 0.6 is 0 Å². The van der Waals surface area contributed by atoms with E-state index in [2.05, 4.69) is 29.4 Å². The van der Waals surface area contributed by atoms with Gasteiger partial charge in [-0.15, -0.1) is 0 Å². The summed E-state index contributed by atoms with van der Waals surface area (Å²) in [6.07, 6.45) is 1.21. The highest BCUT2D eigenvalue weighted by molar-refractivity contribution is 7.90. The Morgan fingerprint density at radius 1 is 1.30 bits per heavy atom. The van der Waals surface area contributed by atoms with E-state index >= 15 is 0 Å². The molecule has 23 heavy (non-hydrogen) atoms. The maximum Gasteiger partial charge on any atom is 0.193 e. The van der Waals surface area contributed by atoms with Crippen LogP contribution in [0.2, 0.25) is 0 Å². The van der Waals surface area contributed by atoms with E-state index in [4.69, 9.17) is 4.74 Å². The Labute approximate surface area is 139 Å². The maximum absolute atomic E-state index is 11.0. The molecule has 0 heterocycles. The molecule has 7 heteroatoms. The lowest BCUT2D eigenvalue weighted by atomic mass is 10.1. The number of nitrogens with one attached hydrogen (secondary N) is 1. The van der Waals surface area contributed by atoms with Gasteiger partial charge in [0.15, 0.2) is 5.96 Å². The highest BCUT2D eigenvalue weighted by atomic mass is 32.2. The Hall–Kier alpha value is -1.60. The molecular weight excluding hydrogens is 314 g/mol. The Kier molecular flexibility index (Phi) is 8.05. The number of benzene rings is 1. The Bertz CT molecular complexity index is 615. The molecular formula is C16H27N3O3S. The monoisotopic (exact) mass is 341 g/mol. The molecule has 0 spiro atoms. The van der Waals surface area contributed by atoms with Crippen molar-refractivity contribution in [2.24, 2.45) is 4.99 Å². The largest absolute Gasteiger partial charge is 0.379 e. The topological polar surface area (TPSA) is 71.0 Å². The molecule has 0 saturated carbocycles. The van der Waals surface area contributed by atoms with Crippen molar-refractivity contribution in [2.75, 3.05) is 45.9 Å². The van der Waals surface area contributed by atoms with Gasteiger partial charge in [0.05, 0.1) is 19.0 Å². The van der Waals surface area contributed by atoms with Crippen molar-refractivity contribution in [2.45, 2.75) is 13.5 Å². The number of ether oxygens (including phenoxy) is 1. The zero-order valence-corrected chi connectivity index (χ0v) is 15.2. The first-order valence-electron chi connectivity index (χ1n) is 7.55. The van der Waals surface area contributed by atoms with Gasteiger partial charge in [0.25, 0.3) is 0 Å². The van der Waals surface area contributed by atoms with E-state index in [9.17, 15) is 8.42 Å². The van der Waals surface area contributed by atoms with Gasteiger partial charge in [-0.25, -0.2) is 8.42 Å². The molecule has 0 aromatic heterocycles. The predicted molar refractivity (Wildman–Crippen MR) is 94.5 cm³/mol. The summed E-state index contributed by atoms with van der Waals surface area (Å²) in [6, 6.07) is 8.25. The van der Waals surface area contributed by atoms with Crippen molar-refractivity contribution in [3.05, 3.63) is 35.4 Å². The van der Waals surface area contributed by atoms with Crippen LogP contribution in [-0.2, 0) is 21.1 Å². The number of aryl methyl sites for hydroxylation is 1. The van der Waals surface area contributed by atoms with Crippen LogP contribution in [0.25, 0.3) is 0 Å². The van der Waals surface area contributed by atoms with Crippen molar-refractivity contribution in [1.82, 2.24) is 10.2 Å². The molecule has 1 aromatic rings. The van der Waals surface area contributed by atoms with Gasteiger partial charge >= 0.3 is 0 Å². The lowest BCUT2D eigenvalue weighted by Gasteiger charge is -2.23. The van der Waals surface area contributed by atoms with Crippen LogP contribution < -0.4 is 5.32 Å². The van der Waals surface area contributed by atoms with E-state index in [-0.39, 0.29) is 12.4 Å². The minimum Gasteiger partial charge on any atom is -0.379 e. The first kappa shape index (κ1) is 19.4. The van der Waals surface area contributed by atoms with Crippen LogP contribution in [0.1, 0.15) is 11.1 Å². The third kappa shape index (κ3) is 7.99. The zero-order valence-electron chi connectivity index (χ0n) is 14.4. The van der Waals surface area contributed by atoms with Crippen LogP contribution in [-0.4, -0.2) is 65.1 Å². The number of sulfone groups is 1. The van der Waals surface area contributed by atoms with Gasteiger partial charge in [0.1, 0.15) is 9.84 Å². The highest BCUT2D eigenvalue weighted by Crippen LogP contribution is 2.09. The molecule has 0 saturated heterocycles. The lowest BCUT2D eigenvalue weighted by Crippen LogP contribution is -2.40. The van der Waals surface area contributed by atoms with Gasteiger partial charge in [0, 0.05) is 33.4 Å². The quantitative estimate of drug-likeness (QED) is 0.435. The minimum atomic E-state index is -2.96. The molecule has 0 bridgehead atoms. The van der Waals surface area contributed by atoms with Crippen LogP contribution in [0.15, 0.2) is 29.3 Å². The molecule has 0 radical (unpaired) electrons. The number of aliphatic imine (C=N–C) groups is 1. The van der Waals surface area contributed by atoms with Crippen molar-refractivity contribution in [1.29, 1.82) is 0 Å². The lowest BCUT2D eigenvalue weighted by molar-refractivity contribution is 0.153. The molecule has 0 aliphatic rings. The number of rotatable bonds is 8. The standard InChI is InChI=1S/C16H27N3O3S/c1-14-7-5-6-8-15(14)13-19(3)16(17-2)18-9-10-22-11-12-23(4,20)21/h5-8H,9-13H2,1-4H3,(H,17,18). The maximum atomic E-state index is 11.0. The second-order valence-corrected chi connectivity index (χ2v) is 7.76. The average molecular weight is 341 g/mol. The Morgan fingerprint density at radius 2 is 2.00 bits per heavy atom. The summed E-state index contributed by atoms with van der Waals surface area (Å²) in [5.41, 5.74) is 2.50. The first-order valence-corrected chi connectivity index (χ1v) is 9.61. The molecule has 1 rings (SSSR count). The van der Waals surface area contributed by atoms with E-state index in [1.165, 1.54) is 17.4 Å². The Morgan fingerprint density at radius 3 is 2.61 bits per heavy atom. The van der Waals surface area contributed by atoms with Crippen LogP contribution in [0, 0.1) is 6.92 Å². The molecule has 0 aliphatic heterocycles. The van der Waals surface area contributed by atoms with Gasteiger partial charge in [0.2, 0.25) is 0 Å². The summed E-state index contributed by atoms with van der Waals surface area (Å²) in [7, 11) is 0.754. The molecule has 130 valence electrons. The van der Waals surface area contributed by atoms with Gasteiger partial charge in [-0.1, -0.05) is 24.3 Å². The molecule has 1 aromatic carbocycles. The molecule has 0 unspecified atom stereocenters. The number of guanidine groups is 1. The summed E-state index contributed by atoms with van der Waals surface area (Å²) < 4.78 is 27.3. The fourth-order valence-electron chi connectivity index (χ4n) is 2.05. The summed E-state index contributed by atoms with van der Waals surface area (Å²) in [6.45, 7) is 4.09. The molecule has 6 nitrogen and oxygen atoms in total. The third-order valence-electron chi connectivity index (χ3n) is 3.37. The number of hydrogen-bond acceptors (Lipinski definition) is 4. The normalized spacial score (nSPS) is 12.3. The predicted octanol–water partition coefficient (Wildman–Crippen LogP) is 1.06. The van der Waals surface area contributed by atoms with Gasteiger partial charge in [-0.05, 0) is 18.1 Å². The summed E-state index contributed by atoms with van der Waals surface area (Å²) in [4.78, 5) is 6.29. The van der Waals surface area contributed by atoms with Gasteiger partial charge in [-0.3, -0.25) is 4.99 Å². The van der Waals surface area contributed by atoms with E-state index in [1.807, 2.05) is 24.1 Å². The fourth-order valence-corrected chi connectivity index (χ4v) is 2.47. The van der Waals surface area contributed by atoms with E-state index in [0.717, 1.165) is 12.5 Å². The minimum absolute atomic E-state index is 0.0505. The number of hydrogen-bond donors (Lipinski definition) is 1. The summed E-state index contributed by atoms with van der Waals surface area (Å²) in [5.74, 6) is 0.828. The average Bonchev–Trinajstić information content (AvgIpc) is 2.47. The SMILES string of the molecule is CN=C(NCCOCCS(C)(=O)=O)N(C)Cc1ccccc1C. The first-order chi connectivity index (χ1) is 10.8. The molecule has 0 atom stereocenters. The summed E-state index contributed by atoms with van der Waals surface area (Å²) >= 11 is 0. The second kappa shape index (κ2) is 9.52. The zero-order chi connectivity index (χ0) is 17.3. The van der Waals surface area contributed by atoms with Crippen molar-refractivity contribution in [3.63, 3.8) is 0 Å². The highest BCUT2D eigenvalue weighted by Gasteiger charge is 2.07. The van der Waals surface area contributed by atoms with Gasteiger partial charge in [-0.2, -0.15) is 0 Å². The number of nitrogens with zero attached hydrogens (tertiary/aromatic N) is 2. The van der Waals surface area contributed by atoms with Crippen molar-refractivity contribution in [3.8, 4) is 0 Å². The Balaban J connectivity index is 2.35. The van der Waals surface area contributed by atoms with Crippen molar-refractivity contribution < 1.29 is 13.2 Å². The summed E-state index contributed by atoms with van der Waals surface area (Å²) in [5, 5.41) is 3.21. The third-order valence-corrected chi connectivity index (χ3v) is 4.28. The molecule has 0 fully saturated rings. The van der Waals surface area contributed by atoms with E-state index in [0.29, 0.717) is 13.2 Å². The molecule has 0 amide bonds. The van der Waals surface area contributed by atoms with Crippen LogP contribution in [0.4, 0.5) is 0 Å². The van der Waals surface area contributed by atoms with Crippen molar-refractivity contribution >= 4 is 15.8 Å². The van der Waals surface area contributed by atoms with E-state index < -0.39 is 9.84 Å². The smallest absolute Gasteiger partial charge is 0.193 e. The van der Waals surface area contributed by atoms with Gasteiger partial charge < -0.3 is 15.0 Å². The van der Waals surface area contributed by atoms with Crippen LogP contribution in [0.5, 0.6) is 0 Å². The van der Waals surface area contributed by atoms with E-state index in [1.54, 1.807) is 7.05 Å². The second-order valence-electron chi connectivity index (χ2n) is 5.50.